The summed E-state index contributed by atoms with van der Waals surface area (Å²) in [5, 5.41) is 9.94. The van der Waals surface area contributed by atoms with Crippen LogP contribution in [0, 0.1) is 0 Å². The molecular weight excluding hydrogens is 228 g/mol. The predicted molar refractivity (Wildman–Crippen MR) is 70.2 cm³/mol. The van der Waals surface area contributed by atoms with Crippen LogP contribution >= 0.6 is 0 Å². The Labute approximate surface area is 106 Å². The third-order valence-electron chi connectivity index (χ3n) is 2.45. The van der Waals surface area contributed by atoms with Crippen LogP contribution in [0.1, 0.15) is 0 Å². The van der Waals surface area contributed by atoms with Crippen LogP contribution in [0.5, 0.6) is 0 Å². The second-order valence-corrected chi connectivity index (χ2v) is 3.84. The fourth-order valence-electron chi connectivity index (χ4n) is 1.54. The van der Waals surface area contributed by atoms with E-state index in [2.05, 4.69) is 15.7 Å². The van der Waals surface area contributed by atoms with E-state index in [0.717, 1.165) is 5.69 Å². The van der Waals surface area contributed by atoms with E-state index in [0.29, 0.717) is 13.1 Å². The molecule has 0 bridgehead atoms. The van der Waals surface area contributed by atoms with Crippen molar-refractivity contribution in [2.45, 2.75) is 6.54 Å². The van der Waals surface area contributed by atoms with Crippen molar-refractivity contribution in [3.63, 3.8) is 0 Å². The number of aromatic nitrogens is 2. The molecule has 5 nitrogen and oxygen atoms in total. The summed E-state index contributed by atoms with van der Waals surface area (Å²) in [4.78, 5) is 11.5. The van der Waals surface area contributed by atoms with Gasteiger partial charge in [-0.1, -0.05) is 18.2 Å². The molecule has 5 heteroatoms. The molecule has 2 aromatic rings. The fourth-order valence-corrected chi connectivity index (χ4v) is 1.54. The zero-order valence-electron chi connectivity index (χ0n) is 10.0. The number of hydrogen-bond donors (Lipinski definition) is 2. The van der Waals surface area contributed by atoms with Gasteiger partial charge in [0.2, 0.25) is 5.91 Å². The Balaban J connectivity index is 1.63. The summed E-state index contributed by atoms with van der Waals surface area (Å²) in [5.41, 5.74) is 0.944. The highest BCUT2D eigenvalue weighted by Gasteiger charge is 2.00. The van der Waals surface area contributed by atoms with E-state index in [1.165, 1.54) is 0 Å². The second-order valence-electron chi connectivity index (χ2n) is 3.84. The van der Waals surface area contributed by atoms with Gasteiger partial charge < -0.3 is 10.6 Å². The summed E-state index contributed by atoms with van der Waals surface area (Å²) in [6, 6.07) is 11.5. The maximum Gasteiger partial charge on any atom is 0.239 e. The van der Waals surface area contributed by atoms with Crippen LogP contribution in [0.4, 0.5) is 5.69 Å². The molecule has 2 N–H and O–H groups in total. The highest BCUT2D eigenvalue weighted by molar-refractivity contribution is 5.80. The SMILES string of the molecule is O=C(CNc1ccccc1)NCCn1cccn1. The van der Waals surface area contributed by atoms with E-state index < -0.39 is 0 Å². The largest absolute Gasteiger partial charge is 0.376 e. The van der Waals surface area contributed by atoms with Gasteiger partial charge in [0.1, 0.15) is 0 Å². The van der Waals surface area contributed by atoms with Crippen molar-refractivity contribution in [3.8, 4) is 0 Å². The Morgan fingerprint density at radius 3 is 2.78 bits per heavy atom. The van der Waals surface area contributed by atoms with Gasteiger partial charge in [-0.2, -0.15) is 5.10 Å². The summed E-state index contributed by atoms with van der Waals surface area (Å²) < 4.78 is 1.78. The Hall–Kier alpha value is -2.30. The van der Waals surface area contributed by atoms with E-state index >= 15 is 0 Å². The molecule has 0 saturated carbocycles. The molecule has 0 atom stereocenters. The molecule has 0 aliphatic rings. The summed E-state index contributed by atoms with van der Waals surface area (Å²) in [6.45, 7) is 1.55. The summed E-state index contributed by atoms with van der Waals surface area (Å²) in [5.74, 6) is -0.0222. The van der Waals surface area contributed by atoms with Crippen LogP contribution in [-0.2, 0) is 11.3 Å². The van der Waals surface area contributed by atoms with Gasteiger partial charge in [0.25, 0.3) is 0 Å². The Morgan fingerprint density at radius 2 is 2.06 bits per heavy atom. The Morgan fingerprint density at radius 1 is 1.22 bits per heavy atom. The molecule has 1 aromatic heterocycles. The fraction of sp³-hybridized carbons (Fsp3) is 0.231. The van der Waals surface area contributed by atoms with Crippen molar-refractivity contribution in [3.05, 3.63) is 48.8 Å². The molecule has 0 aliphatic carbocycles. The van der Waals surface area contributed by atoms with Gasteiger partial charge in [-0.15, -0.1) is 0 Å². The molecule has 0 radical (unpaired) electrons. The molecule has 1 heterocycles. The lowest BCUT2D eigenvalue weighted by Gasteiger charge is -2.07. The lowest BCUT2D eigenvalue weighted by Crippen LogP contribution is -2.32. The zero-order chi connectivity index (χ0) is 12.6. The molecule has 0 unspecified atom stereocenters. The first-order chi connectivity index (χ1) is 8.84. The predicted octanol–water partition coefficient (Wildman–Crippen LogP) is 1.11. The summed E-state index contributed by atoms with van der Waals surface area (Å²) in [7, 11) is 0. The standard InChI is InChI=1S/C13H16N4O/c18-13(11-15-12-5-2-1-3-6-12)14-8-10-17-9-4-7-16-17/h1-7,9,15H,8,10-11H2,(H,14,18). The molecule has 1 aromatic carbocycles. The van der Waals surface area contributed by atoms with Gasteiger partial charge in [0, 0.05) is 24.6 Å². The maximum atomic E-state index is 11.5. The first kappa shape index (κ1) is 12.2. The molecule has 18 heavy (non-hydrogen) atoms. The number of para-hydroxylation sites is 1. The smallest absolute Gasteiger partial charge is 0.239 e. The minimum Gasteiger partial charge on any atom is -0.376 e. The minimum atomic E-state index is -0.0222. The summed E-state index contributed by atoms with van der Waals surface area (Å²) in [6.07, 6.45) is 3.59. The van der Waals surface area contributed by atoms with Gasteiger partial charge in [0.05, 0.1) is 13.1 Å². The second kappa shape index (κ2) is 6.44. The van der Waals surface area contributed by atoms with Crippen LogP contribution in [0.2, 0.25) is 0 Å². The van der Waals surface area contributed by atoms with E-state index in [1.807, 2.05) is 42.6 Å². The molecule has 0 saturated heterocycles. The lowest BCUT2D eigenvalue weighted by molar-refractivity contribution is -0.119. The van der Waals surface area contributed by atoms with Crippen LogP contribution in [0.15, 0.2) is 48.8 Å². The highest BCUT2D eigenvalue weighted by Crippen LogP contribution is 2.03. The number of benzene rings is 1. The van der Waals surface area contributed by atoms with E-state index in [4.69, 9.17) is 0 Å². The lowest BCUT2D eigenvalue weighted by atomic mass is 10.3. The normalized spacial score (nSPS) is 10.0. The van der Waals surface area contributed by atoms with Gasteiger partial charge >= 0.3 is 0 Å². The Bertz CT molecular complexity index is 467. The minimum absolute atomic E-state index is 0.0222. The number of nitrogens with zero attached hydrogens (tertiary/aromatic N) is 2. The van der Waals surface area contributed by atoms with E-state index in [1.54, 1.807) is 10.9 Å². The van der Waals surface area contributed by atoms with Crippen molar-refractivity contribution >= 4 is 11.6 Å². The number of rotatable bonds is 6. The number of carbonyl (C=O) groups is 1. The van der Waals surface area contributed by atoms with Crippen molar-refractivity contribution < 1.29 is 4.79 Å². The van der Waals surface area contributed by atoms with Crippen molar-refractivity contribution in [2.75, 3.05) is 18.4 Å². The van der Waals surface area contributed by atoms with Crippen LogP contribution < -0.4 is 10.6 Å². The van der Waals surface area contributed by atoms with Gasteiger partial charge in [0.15, 0.2) is 0 Å². The topological polar surface area (TPSA) is 59.0 Å². The molecule has 94 valence electrons. The number of hydrogen-bond acceptors (Lipinski definition) is 3. The highest BCUT2D eigenvalue weighted by atomic mass is 16.1. The molecule has 0 fully saturated rings. The first-order valence-corrected chi connectivity index (χ1v) is 5.87. The number of anilines is 1. The number of carbonyl (C=O) groups excluding carboxylic acids is 1. The van der Waals surface area contributed by atoms with Crippen molar-refractivity contribution in [1.29, 1.82) is 0 Å². The van der Waals surface area contributed by atoms with Crippen LogP contribution in [-0.4, -0.2) is 28.8 Å². The van der Waals surface area contributed by atoms with E-state index in [-0.39, 0.29) is 12.5 Å². The van der Waals surface area contributed by atoms with Crippen molar-refractivity contribution in [1.82, 2.24) is 15.1 Å². The third-order valence-corrected chi connectivity index (χ3v) is 2.45. The maximum absolute atomic E-state index is 11.5. The van der Waals surface area contributed by atoms with Crippen LogP contribution in [0.25, 0.3) is 0 Å². The molecule has 0 spiro atoms. The van der Waals surface area contributed by atoms with Crippen molar-refractivity contribution in [2.24, 2.45) is 0 Å². The van der Waals surface area contributed by atoms with Gasteiger partial charge in [-0.25, -0.2) is 0 Å². The average molecular weight is 244 g/mol. The monoisotopic (exact) mass is 244 g/mol. The molecule has 1 amide bonds. The third kappa shape index (κ3) is 3.93. The summed E-state index contributed by atoms with van der Waals surface area (Å²) >= 11 is 0. The average Bonchev–Trinajstić information content (AvgIpc) is 2.91. The molecule has 2 rings (SSSR count). The number of amides is 1. The first-order valence-electron chi connectivity index (χ1n) is 5.87. The van der Waals surface area contributed by atoms with Gasteiger partial charge in [-0.05, 0) is 18.2 Å². The quantitative estimate of drug-likeness (QED) is 0.800. The molecule has 0 aliphatic heterocycles. The zero-order valence-corrected chi connectivity index (χ0v) is 10.0. The van der Waals surface area contributed by atoms with Crippen LogP contribution in [0.3, 0.4) is 0 Å². The van der Waals surface area contributed by atoms with Gasteiger partial charge in [-0.3, -0.25) is 9.48 Å². The number of nitrogens with one attached hydrogen (secondary N) is 2. The Kier molecular flexibility index (Phi) is 4.35. The van der Waals surface area contributed by atoms with E-state index in [9.17, 15) is 4.79 Å². The molecular formula is C13H16N4O.